The second-order valence-electron chi connectivity index (χ2n) is 4.77. The Morgan fingerprint density at radius 2 is 1.83 bits per heavy atom. The first-order valence-electron chi connectivity index (χ1n) is 5.92. The smallest absolute Gasteiger partial charge is 0.266 e. The molecule has 1 aromatic carbocycles. The summed E-state index contributed by atoms with van der Waals surface area (Å²) >= 11 is 0. The van der Waals surface area contributed by atoms with E-state index in [1.807, 2.05) is 13.8 Å². The lowest BCUT2D eigenvalue weighted by molar-refractivity contribution is 0.301. The van der Waals surface area contributed by atoms with Gasteiger partial charge in [0.15, 0.2) is 0 Å². The van der Waals surface area contributed by atoms with Crippen molar-refractivity contribution >= 4 is 10.1 Å². The van der Waals surface area contributed by atoms with Gasteiger partial charge in [0.1, 0.15) is 0 Å². The van der Waals surface area contributed by atoms with Crippen LogP contribution in [-0.2, 0) is 14.3 Å². The number of hydrogen-bond acceptors (Lipinski definition) is 5. The molecule has 0 spiro atoms. The predicted octanol–water partition coefficient (Wildman–Crippen LogP) is 1.30. The Morgan fingerprint density at radius 3 is 2.39 bits per heavy atom. The molecule has 1 aromatic rings. The standard InChI is InChI=1S/C12H18N2O3S/c1-10-4-6-11(7-5-10)18(15,16)17-9-3-8-12(2)13-14-12/h4-7,13-14H,3,8-9H2,1-2H3. The van der Waals surface area contributed by atoms with E-state index in [2.05, 4.69) is 10.9 Å². The largest absolute Gasteiger partial charge is 0.296 e. The molecule has 18 heavy (non-hydrogen) atoms. The molecule has 0 aliphatic carbocycles. The minimum Gasteiger partial charge on any atom is -0.266 e. The van der Waals surface area contributed by atoms with E-state index in [4.69, 9.17) is 4.18 Å². The van der Waals surface area contributed by atoms with Gasteiger partial charge in [-0.15, -0.1) is 0 Å². The lowest BCUT2D eigenvalue weighted by atomic mass is 10.1. The lowest BCUT2D eigenvalue weighted by Crippen LogP contribution is -2.14. The van der Waals surface area contributed by atoms with Crippen LogP contribution in [0.2, 0.25) is 0 Å². The van der Waals surface area contributed by atoms with E-state index in [9.17, 15) is 8.42 Å². The molecule has 1 aliphatic heterocycles. The van der Waals surface area contributed by atoms with Gasteiger partial charge in [0.25, 0.3) is 10.1 Å². The second-order valence-corrected chi connectivity index (χ2v) is 6.39. The monoisotopic (exact) mass is 270 g/mol. The Bertz CT molecular complexity index is 507. The number of nitrogens with one attached hydrogen (secondary N) is 2. The fraction of sp³-hybridized carbons (Fsp3) is 0.500. The summed E-state index contributed by atoms with van der Waals surface area (Å²) in [5.74, 6) is 0. The average Bonchev–Trinajstić information content (AvgIpc) is 3.04. The van der Waals surface area contributed by atoms with Crippen LogP contribution in [0, 0.1) is 6.92 Å². The van der Waals surface area contributed by atoms with Gasteiger partial charge < -0.3 is 0 Å². The van der Waals surface area contributed by atoms with Crippen LogP contribution in [0.5, 0.6) is 0 Å². The Labute approximate surface area is 108 Å². The summed E-state index contributed by atoms with van der Waals surface area (Å²) in [4.78, 5) is 0.210. The van der Waals surface area contributed by atoms with Gasteiger partial charge in [0.2, 0.25) is 0 Å². The highest BCUT2D eigenvalue weighted by Gasteiger charge is 2.34. The van der Waals surface area contributed by atoms with Crippen molar-refractivity contribution in [3.8, 4) is 0 Å². The second kappa shape index (κ2) is 4.97. The van der Waals surface area contributed by atoms with Crippen LogP contribution in [0.4, 0.5) is 0 Å². The molecule has 1 saturated heterocycles. The first-order valence-corrected chi connectivity index (χ1v) is 7.33. The normalized spacial score (nSPS) is 17.7. The highest BCUT2D eigenvalue weighted by molar-refractivity contribution is 7.86. The molecule has 0 unspecified atom stereocenters. The summed E-state index contributed by atoms with van der Waals surface area (Å²) in [6.07, 6.45) is 1.51. The third kappa shape index (κ3) is 3.52. The molecule has 0 aromatic heterocycles. The third-order valence-electron chi connectivity index (χ3n) is 2.92. The maximum absolute atomic E-state index is 11.8. The summed E-state index contributed by atoms with van der Waals surface area (Å²) in [6, 6.07) is 6.65. The van der Waals surface area contributed by atoms with Crippen molar-refractivity contribution in [1.82, 2.24) is 10.9 Å². The van der Waals surface area contributed by atoms with Crippen molar-refractivity contribution in [2.24, 2.45) is 0 Å². The number of aryl methyl sites for hydroxylation is 1. The number of hydrogen-bond donors (Lipinski definition) is 2. The zero-order valence-corrected chi connectivity index (χ0v) is 11.4. The van der Waals surface area contributed by atoms with Gasteiger partial charge in [-0.25, -0.2) is 10.9 Å². The van der Waals surface area contributed by atoms with E-state index in [0.29, 0.717) is 6.42 Å². The molecule has 0 radical (unpaired) electrons. The molecule has 0 atom stereocenters. The fourth-order valence-electron chi connectivity index (χ4n) is 1.60. The average molecular weight is 270 g/mol. The molecule has 1 heterocycles. The van der Waals surface area contributed by atoms with Crippen LogP contribution >= 0.6 is 0 Å². The fourth-order valence-corrected chi connectivity index (χ4v) is 2.54. The van der Waals surface area contributed by atoms with Crippen LogP contribution in [0.15, 0.2) is 29.2 Å². The maximum atomic E-state index is 11.8. The Morgan fingerprint density at radius 1 is 1.22 bits per heavy atom. The maximum Gasteiger partial charge on any atom is 0.296 e. The molecule has 0 saturated carbocycles. The van der Waals surface area contributed by atoms with E-state index in [1.165, 1.54) is 0 Å². The molecule has 1 fully saturated rings. The summed E-state index contributed by atoms with van der Waals surface area (Å²) in [5, 5.41) is 0. The van der Waals surface area contributed by atoms with Crippen LogP contribution in [0.3, 0.4) is 0 Å². The van der Waals surface area contributed by atoms with Crippen molar-refractivity contribution in [3.63, 3.8) is 0 Å². The number of rotatable bonds is 6. The third-order valence-corrected chi connectivity index (χ3v) is 4.25. The predicted molar refractivity (Wildman–Crippen MR) is 68.2 cm³/mol. The van der Waals surface area contributed by atoms with Crippen molar-refractivity contribution in [1.29, 1.82) is 0 Å². The summed E-state index contributed by atoms with van der Waals surface area (Å²) < 4.78 is 28.7. The summed E-state index contributed by atoms with van der Waals surface area (Å²) in [7, 11) is -3.62. The zero-order valence-electron chi connectivity index (χ0n) is 10.6. The van der Waals surface area contributed by atoms with Gasteiger partial charge in [-0.1, -0.05) is 17.7 Å². The molecular weight excluding hydrogens is 252 g/mol. The van der Waals surface area contributed by atoms with Gasteiger partial charge in [-0.05, 0) is 38.8 Å². The van der Waals surface area contributed by atoms with Crippen molar-refractivity contribution < 1.29 is 12.6 Å². The van der Waals surface area contributed by atoms with E-state index >= 15 is 0 Å². The van der Waals surface area contributed by atoms with Gasteiger partial charge in [0, 0.05) is 0 Å². The van der Waals surface area contributed by atoms with Crippen LogP contribution in [0.25, 0.3) is 0 Å². The molecule has 0 amide bonds. The lowest BCUT2D eigenvalue weighted by Gasteiger charge is -2.07. The van der Waals surface area contributed by atoms with Crippen LogP contribution in [0.1, 0.15) is 25.3 Å². The molecule has 2 N–H and O–H groups in total. The zero-order chi connectivity index (χ0) is 13.2. The molecule has 2 rings (SSSR count). The van der Waals surface area contributed by atoms with Crippen LogP contribution < -0.4 is 10.9 Å². The van der Waals surface area contributed by atoms with E-state index < -0.39 is 10.1 Å². The minimum atomic E-state index is -3.62. The topological polar surface area (TPSA) is 87.2 Å². The number of benzene rings is 1. The van der Waals surface area contributed by atoms with Crippen molar-refractivity contribution in [2.75, 3.05) is 6.61 Å². The Balaban J connectivity index is 1.85. The van der Waals surface area contributed by atoms with Crippen molar-refractivity contribution in [2.45, 2.75) is 37.2 Å². The molecule has 0 bridgehead atoms. The van der Waals surface area contributed by atoms with E-state index in [1.54, 1.807) is 24.3 Å². The molecule has 100 valence electrons. The molecular formula is C12H18N2O3S. The molecule has 5 nitrogen and oxygen atoms in total. The SMILES string of the molecule is Cc1ccc(S(=O)(=O)OCCCC2(C)NN2)cc1. The quantitative estimate of drug-likeness (QED) is 0.462. The minimum absolute atomic E-state index is 0.0447. The number of hydrazine groups is 1. The molecule has 6 heteroatoms. The first kappa shape index (κ1) is 13.5. The van der Waals surface area contributed by atoms with Gasteiger partial charge in [-0.2, -0.15) is 8.42 Å². The Hall–Kier alpha value is -0.950. The van der Waals surface area contributed by atoms with E-state index in [-0.39, 0.29) is 17.2 Å². The summed E-state index contributed by atoms with van der Waals surface area (Å²) in [6.45, 7) is 4.13. The highest BCUT2D eigenvalue weighted by Crippen LogP contribution is 2.18. The van der Waals surface area contributed by atoms with E-state index in [0.717, 1.165) is 12.0 Å². The summed E-state index contributed by atoms with van der Waals surface area (Å²) in [5.41, 5.74) is 6.96. The van der Waals surface area contributed by atoms with Crippen LogP contribution in [-0.4, -0.2) is 20.7 Å². The highest BCUT2D eigenvalue weighted by atomic mass is 32.2. The van der Waals surface area contributed by atoms with Crippen molar-refractivity contribution in [3.05, 3.63) is 29.8 Å². The first-order chi connectivity index (χ1) is 8.41. The van der Waals surface area contributed by atoms with Gasteiger partial charge in [-0.3, -0.25) is 4.18 Å². The van der Waals surface area contributed by atoms with Gasteiger partial charge >= 0.3 is 0 Å². The Kier molecular flexibility index (Phi) is 3.72. The molecule has 1 aliphatic rings. The van der Waals surface area contributed by atoms with Gasteiger partial charge in [0.05, 0.1) is 17.2 Å².